The van der Waals surface area contributed by atoms with Gasteiger partial charge in [-0.1, -0.05) is 32.0 Å². The number of rotatable bonds is 6. The molecule has 2 heterocycles. The van der Waals surface area contributed by atoms with Crippen LogP contribution in [0.25, 0.3) is 0 Å². The summed E-state index contributed by atoms with van der Waals surface area (Å²) in [6.07, 6.45) is 0.191. The van der Waals surface area contributed by atoms with Gasteiger partial charge in [0.25, 0.3) is 0 Å². The highest BCUT2D eigenvalue weighted by atomic mass is 16.8. The van der Waals surface area contributed by atoms with E-state index in [4.69, 9.17) is 23.7 Å². The van der Waals surface area contributed by atoms with Gasteiger partial charge in [-0.15, -0.1) is 0 Å². The number of benzene rings is 1. The summed E-state index contributed by atoms with van der Waals surface area (Å²) in [5.41, 5.74) is 1.02. The molecule has 0 spiro atoms. The van der Waals surface area contributed by atoms with Gasteiger partial charge in [0.05, 0.1) is 19.8 Å². The molecule has 2 aliphatic heterocycles. The molecule has 5 nitrogen and oxygen atoms in total. The molecular weight excluding hydrogens is 308 g/mol. The van der Waals surface area contributed by atoms with Crippen LogP contribution in [0.15, 0.2) is 24.3 Å². The smallest absolute Gasteiger partial charge is 0.190 e. The van der Waals surface area contributed by atoms with Gasteiger partial charge < -0.3 is 23.7 Å². The van der Waals surface area contributed by atoms with Crippen LogP contribution in [0.5, 0.6) is 5.75 Å². The molecule has 24 heavy (non-hydrogen) atoms. The Kier molecular flexibility index (Phi) is 5.16. The van der Waals surface area contributed by atoms with Crippen LogP contribution in [0.3, 0.4) is 0 Å². The third kappa shape index (κ3) is 3.75. The van der Waals surface area contributed by atoms with Crippen molar-refractivity contribution in [2.45, 2.75) is 71.1 Å². The summed E-state index contributed by atoms with van der Waals surface area (Å²) in [7, 11) is 1.67. The fourth-order valence-corrected chi connectivity index (χ4v) is 3.41. The van der Waals surface area contributed by atoms with Crippen molar-refractivity contribution in [1.82, 2.24) is 0 Å². The Morgan fingerprint density at radius 2 is 1.92 bits per heavy atom. The van der Waals surface area contributed by atoms with Crippen LogP contribution in [0.1, 0.15) is 39.7 Å². The zero-order valence-corrected chi connectivity index (χ0v) is 15.2. The van der Waals surface area contributed by atoms with E-state index in [1.165, 1.54) is 0 Å². The molecule has 0 aromatic heterocycles. The largest absolute Gasteiger partial charge is 0.496 e. The first-order valence-corrected chi connectivity index (χ1v) is 8.64. The second kappa shape index (κ2) is 7.00. The van der Waals surface area contributed by atoms with Gasteiger partial charge in [-0.25, -0.2) is 0 Å². The van der Waals surface area contributed by atoms with Crippen molar-refractivity contribution < 1.29 is 23.7 Å². The maximum Gasteiger partial charge on any atom is 0.190 e. The Balaban J connectivity index is 1.72. The molecule has 0 N–H and O–H groups in total. The molecular formula is C19H28O5. The number of para-hydroxylation sites is 1. The zero-order valence-electron chi connectivity index (χ0n) is 15.2. The molecule has 0 aliphatic carbocycles. The van der Waals surface area contributed by atoms with Crippen LogP contribution in [-0.4, -0.2) is 37.5 Å². The lowest BCUT2D eigenvalue weighted by atomic mass is 10.0. The van der Waals surface area contributed by atoms with Crippen molar-refractivity contribution in [3.63, 3.8) is 0 Å². The second-order valence-electron chi connectivity index (χ2n) is 7.36. The Morgan fingerprint density at radius 3 is 2.62 bits per heavy atom. The van der Waals surface area contributed by atoms with E-state index in [2.05, 4.69) is 13.8 Å². The van der Waals surface area contributed by atoms with E-state index in [0.29, 0.717) is 12.5 Å². The van der Waals surface area contributed by atoms with Gasteiger partial charge in [0, 0.05) is 5.56 Å². The standard InChI is InChI=1S/C19H28O5/c1-12(2)10-15-16(17-18(22-15)24-19(3,4)23-17)21-11-13-8-6-7-9-14(13)20-5/h6-9,12,15-18H,10-11H2,1-5H3/t15-,16+,17-,18-/m1/s1. The van der Waals surface area contributed by atoms with Crippen LogP contribution in [0, 0.1) is 5.92 Å². The lowest BCUT2D eigenvalue weighted by molar-refractivity contribution is -0.220. The molecule has 0 radical (unpaired) electrons. The first-order valence-electron chi connectivity index (χ1n) is 8.64. The Morgan fingerprint density at radius 1 is 1.17 bits per heavy atom. The molecule has 3 rings (SSSR count). The van der Waals surface area contributed by atoms with Crippen molar-refractivity contribution >= 4 is 0 Å². The predicted octanol–water partition coefficient (Wildman–Crippen LogP) is 3.50. The quantitative estimate of drug-likeness (QED) is 0.795. The third-order valence-electron chi connectivity index (χ3n) is 4.41. The minimum Gasteiger partial charge on any atom is -0.496 e. The minimum atomic E-state index is -0.635. The number of ether oxygens (including phenoxy) is 5. The summed E-state index contributed by atoms with van der Waals surface area (Å²) >= 11 is 0. The Bertz CT molecular complexity index is 556. The first kappa shape index (κ1) is 17.7. The van der Waals surface area contributed by atoms with E-state index in [1.807, 2.05) is 38.1 Å². The normalized spacial score (nSPS) is 31.4. The fourth-order valence-electron chi connectivity index (χ4n) is 3.41. The number of hydrogen-bond donors (Lipinski definition) is 0. The molecule has 0 bridgehead atoms. The Hall–Kier alpha value is -1.14. The van der Waals surface area contributed by atoms with Crippen molar-refractivity contribution in [3.8, 4) is 5.75 Å². The van der Waals surface area contributed by atoms with Crippen LogP contribution in [0.2, 0.25) is 0 Å². The SMILES string of the molecule is COc1ccccc1CO[C@@H]1[C@H]2OC(C)(C)O[C@H]2O[C@@H]1CC(C)C. The molecule has 2 saturated heterocycles. The summed E-state index contributed by atoms with van der Waals surface area (Å²) in [5.74, 6) is 0.709. The molecule has 0 saturated carbocycles. The van der Waals surface area contributed by atoms with Crippen LogP contribution < -0.4 is 4.74 Å². The van der Waals surface area contributed by atoms with E-state index in [-0.39, 0.29) is 24.6 Å². The highest BCUT2D eigenvalue weighted by molar-refractivity contribution is 5.32. The molecule has 0 unspecified atom stereocenters. The van der Waals surface area contributed by atoms with Crippen molar-refractivity contribution in [1.29, 1.82) is 0 Å². The van der Waals surface area contributed by atoms with Crippen LogP contribution in [0.4, 0.5) is 0 Å². The molecule has 0 amide bonds. The van der Waals surface area contributed by atoms with Crippen molar-refractivity contribution in [2.75, 3.05) is 7.11 Å². The predicted molar refractivity (Wildman–Crippen MR) is 89.7 cm³/mol. The van der Waals surface area contributed by atoms with Gasteiger partial charge >= 0.3 is 0 Å². The monoisotopic (exact) mass is 336 g/mol. The van der Waals surface area contributed by atoms with Gasteiger partial charge in [-0.2, -0.15) is 0 Å². The van der Waals surface area contributed by atoms with Crippen LogP contribution in [-0.2, 0) is 25.6 Å². The molecule has 2 aliphatic rings. The summed E-state index contributed by atoms with van der Waals surface area (Å²) < 4.78 is 29.6. The summed E-state index contributed by atoms with van der Waals surface area (Å²) in [6.45, 7) is 8.63. The number of fused-ring (bicyclic) bond motifs is 1. The van der Waals surface area contributed by atoms with Crippen molar-refractivity contribution in [2.24, 2.45) is 5.92 Å². The van der Waals surface area contributed by atoms with Crippen molar-refractivity contribution in [3.05, 3.63) is 29.8 Å². The minimum absolute atomic E-state index is 0.0224. The van der Waals surface area contributed by atoms with Gasteiger partial charge in [-0.3, -0.25) is 0 Å². The van der Waals surface area contributed by atoms with E-state index in [0.717, 1.165) is 17.7 Å². The molecule has 2 fully saturated rings. The lowest BCUT2D eigenvalue weighted by Gasteiger charge is -2.27. The number of methoxy groups -OCH3 is 1. The molecule has 4 atom stereocenters. The maximum absolute atomic E-state index is 6.24. The fraction of sp³-hybridized carbons (Fsp3) is 0.684. The average Bonchev–Trinajstić information content (AvgIpc) is 2.96. The summed E-state index contributed by atoms with van der Waals surface area (Å²) in [4.78, 5) is 0. The zero-order chi connectivity index (χ0) is 17.3. The van der Waals surface area contributed by atoms with E-state index in [9.17, 15) is 0 Å². The van der Waals surface area contributed by atoms with E-state index < -0.39 is 5.79 Å². The average molecular weight is 336 g/mol. The summed E-state index contributed by atoms with van der Waals surface area (Å²) in [6, 6.07) is 7.89. The van der Waals surface area contributed by atoms with E-state index in [1.54, 1.807) is 7.11 Å². The summed E-state index contributed by atoms with van der Waals surface area (Å²) in [5, 5.41) is 0. The third-order valence-corrected chi connectivity index (χ3v) is 4.41. The highest BCUT2D eigenvalue weighted by Crippen LogP contribution is 2.40. The number of hydrogen-bond acceptors (Lipinski definition) is 5. The molecule has 5 heteroatoms. The van der Waals surface area contributed by atoms with Crippen LogP contribution >= 0.6 is 0 Å². The first-order chi connectivity index (χ1) is 11.4. The topological polar surface area (TPSA) is 46.2 Å². The maximum atomic E-state index is 6.24. The Labute approximate surface area is 144 Å². The van der Waals surface area contributed by atoms with Gasteiger partial charge in [0.1, 0.15) is 18.0 Å². The molecule has 1 aromatic rings. The highest BCUT2D eigenvalue weighted by Gasteiger charge is 2.55. The van der Waals surface area contributed by atoms with Gasteiger partial charge in [-0.05, 0) is 32.3 Å². The molecule has 134 valence electrons. The van der Waals surface area contributed by atoms with Gasteiger partial charge in [0.15, 0.2) is 12.1 Å². The lowest BCUT2D eigenvalue weighted by Crippen LogP contribution is -2.37. The molecule has 1 aromatic carbocycles. The second-order valence-corrected chi connectivity index (χ2v) is 7.36. The van der Waals surface area contributed by atoms with Gasteiger partial charge in [0.2, 0.25) is 0 Å². The van der Waals surface area contributed by atoms with E-state index >= 15 is 0 Å².